The molecule has 1 fully saturated rings. The fourth-order valence-corrected chi connectivity index (χ4v) is 5.08. The molecule has 6 heteroatoms. The third-order valence-electron chi connectivity index (χ3n) is 3.06. The summed E-state index contributed by atoms with van der Waals surface area (Å²) in [6, 6.07) is 3.41. The summed E-state index contributed by atoms with van der Waals surface area (Å²) in [6.07, 6.45) is 0. The van der Waals surface area contributed by atoms with Gasteiger partial charge < -0.3 is 0 Å². The average molecular weight is 290 g/mol. The molecule has 1 aromatic rings. The second-order valence-corrected chi connectivity index (χ2v) is 6.96. The number of nitrogens with two attached hydrogens (primary N) is 1. The van der Waals surface area contributed by atoms with Crippen molar-refractivity contribution in [3.8, 4) is 0 Å². The van der Waals surface area contributed by atoms with Gasteiger partial charge in [0, 0.05) is 27.6 Å². The number of halogens is 2. The maximum atomic E-state index is 13.8. The van der Waals surface area contributed by atoms with Gasteiger partial charge in [0.05, 0.1) is 6.04 Å². The number of hydrogen-bond donors (Lipinski definition) is 2. The minimum absolute atomic E-state index is 0.0480. The quantitative estimate of drug-likeness (QED) is 0.663. The maximum Gasteiger partial charge on any atom is 0.131 e. The summed E-state index contributed by atoms with van der Waals surface area (Å²) in [4.78, 5) is 0. The predicted molar refractivity (Wildman–Crippen MR) is 74.6 cm³/mol. The lowest BCUT2D eigenvalue weighted by molar-refractivity contribution is 0.461. The number of benzene rings is 1. The number of hydrogen-bond acceptors (Lipinski definition) is 4. The Morgan fingerprint density at radius 1 is 1.28 bits per heavy atom. The van der Waals surface area contributed by atoms with Gasteiger partial charge >= 0.3 is 0 Å². The van der Waals surface area contributed by atoms with Crippen LogP contribution in [0.1, 0.15) is 18.5 Å². The summed E-state index contributed by atoms with van der Waals surface area (Å²) in [7, 11) is 0. The van der Waals surface area contributed by atoms with Gasteiger partial charge in [-0.25, -0.2) is 8.78 Å². The second-order valence-electron chi connectivity index (χ2n) is 4.19. The molecule has 0 spiro atoms. The Balaban J connectivity index is 2.32. The molecular formula is C12H16F2N2S2. The molecule has 3 atom stereocenters. The van der Waals surface area contributed by atoms with Crippen LogP contribution in [0, 0.1) is 11.6 Å². The van der Waals surface area contributed by atoms with Gasteiger partial charge in [-0.1, -0.05) is 13.0 Å². The van der Waals surface area contributed by atoms with Gasteiger partial charge in [-0.3, -0.25) is 11.3 Å². The lowest BCUT2D eigenvalue weighted by Gasteiger charge is -2.34. The average Bonchev–Trinajstić information content (AvgIpc) is 2.35. The first-order chi connectivity index (χ1) is 8.65. The summed E-state index contributed by atoms with van der Waals surface area (Å²) in [6.45, 7) is 2.07. The van der Waals surface area contributed by atoms with E-state index in [9.17, 15) is 8.78 Å². The van der Waals surface area contributed by atoms with Crippen molar-refractivity contribution in [3.05, 3.63) is 35.4 Å². The van der Waals surface area contributed by atoms with Gasteiger partial charge in [-0.2, -0.15) is 23.5 Å². The summed E-state index contributed by atoms with van der Waals surface area (Å²) in [5.41, 5.74) is 2.63. The van der Waals surface area contributed by atoms with E-state index in [1.54, 1.807) is 11.8 Å². The first kappa shape index (κ1) is 14.1. The van der Waals surface area contributed by atoms with E-state index in [4.69, 9.17) is 5.84 Å². The molecule has 1 heterocycles. The topological polar surface area (TPSA) is 38.0 Å². The molecule has 0 radical (unpaired) electrons. The van der Waals surface area contributed by atoms with Crippen LogP contribution in [-0.2, 0) is 0 Å². The van der Waals surface area contributed by atoms with E-state index < -0.39 is 17.7 Å². The molecule has 1 aliphatic heterocycles. The van der Waals surface area contributed by atoms with E-state index in [1.165, 1.54) is 18.2 Å². The molecule has 18 heavy (non-hydrogen) atoms. The van der Waals surface area contributed by atoms with E-state index in [-0.39, 0.29) is 10.8 Å². The van der Waals surface area contributed by atoms with E-state index in [0.717, 1.165) is 11.5 Å². The Morgan fingerprint density at radius 2 is 1.89 bits per heavy atom. The van der Waals surface area contributed by atoms with Crippen LogP contribution in [0.3, 0.4) is 0 Å². The van der Waals surface area contributed by atoms with E-state index >= 15 is 0 Å². The predicted octanol–water partition coefficient (Wildman–Crippen LogP) is 2.71. The van der Waals surface area contributed by atoms with Crippen molar-refractivity contribution in [1.29, 1.82) is 0 Å². The smallest absolute Gasteiger partial charge is 0.131 e. The largest absolute Gasteiger partial charge is 0.271 e. The van der Waals surface area contributed by atoms with Gasteiger partial charge in [0.25, 0.3) is 0 Å². The molecule has 100 valence electrons. The Hall–Kier alpha value is -0.300. The highest BCUT2D eigenvalue weighted by Gasteiger charge is 2.33. The van der Waals surface area contributed by atoms with Crippen LogP contribution in [0.25, 0.3) is 0 Å². The number of nitrogens with one attached hydrogen (secondary N) is 1. The van der Waals surface area contributed by atoms with Crippen LogP contribution in [-0.4, -0.2) is 22.0 Å². The second kappa shape index (κ2) is 6.23. The molecule has 1 aromatic carbocycles. The maximum absolute atomic E-state index is 13.8. The Labute approximate surface area is 114 Å². The minimum atomic E-state index is -0.540. The van der Waals surface area contributed by atoms with Crippen molar-refractivity contribution in [2.75, 3.05) is 11.5 Å². The summed E-state index contributed by atoms with van der Waals surface area (Å²) in [5.74, 6) is 6.50. The number of thioether (sulfide) groups is 2. The fourth-order valence-electron chi connectivity index (χ4n) is 2.17. The first-order valence-corrected chi connectivity index (χ1v) is 7.88. The molecular weight excluding hydrogens is 274 g/mol. The Bertz CT molecular complexity index is 397. The zero-order chi connectivity index (χ0) is 13.1. The Kier molecular flexibility index (Phi) is 4.89. The summed E-state index contributed by atoms with van der Waals surface area (Å²) in [5, 5.41) is 0.379. The standard InChI is InChI=1S/C12H16F2N2S2/c1-7-12(18-6-5-17-7)11(16-15)10-8(13)3-2-4-9(10)14/h2-4,7,11-12,16H,5-6,15H2,1H3. The monoisotopic (exact) mass is 290 g/mol. The zero-order valence-electron chi connectivity index (χ0n) is 10.0. The third kappa shape index (κ3) is 2.82. The van der Waals surface area contributed by atoms with Crippen molar-refractivity contribution in [2.45, 2.75) is 23.5 Å². The van der Waals surface area contributed by atoms with Crippen LogP contribution in [0.5, 0.6) is 0 Å². The van der Waals surface area contributed by atoms with Crippen molar-refractivity contribution >= 4 is 23.5 Å². The van der Waals surface area contributed by atoms with Crippen molar-refractivity contribution < 1.29 is 8.78 Å². The van der Waals surface area contributed by atoms with Crippen molar-refractivity contribution in [2.24, 2.45) is 5.84 Å². The van der Waals surface area contributed by atoms with Gasteiger partial charge in [0.2, 0.25) is 0 Å². The van der Waals surface area contributed by atoms with E-state index in [2.05, 4.69) is 12.3 Å². The Morgan fingerprint density at radius 3 is 2.44 bits per heavy atom. The van der Waals surface area contributed by atoms with E-state index in [1.807, 2.05) is 11.8 Å². The van der Waals surface area contributed by atoms with Gasteiger partial charge in [0.15, 0.2) is 0 Å². The highest BCUT2D eigenvalue weighted by atomic mass is 32.2. The number of hydrazine groups is 1. The van der Waals surface area contributed by atoms with Gasteiger partial charge in [0.1, 0.15) is 11.6 Å². The highest BCUT2D eigenvalue weighted by Crippen LogP contribution is 2.39. The normalized spacial score (nSPS) is 26.0. The summed E-state index contributed by atoms with van der Waals surface area (Å²) >= 11 is 3.53. The van der Waals surface area contributed by atoms with Crippen LogP contribution < -0.4 is 11.3 Å². The SMILES string of the molecule is CC1SCCSC1C(NN)c1c(F)cccc1F. The molecule has 0 aromatic heterocycles. The van der Waals surface area contributed by atoms with Crippen molar-refractivity contribution in [3.63, 3.8) is 0 Å². The molecule has 0 bridgehead atoms. The zero-order valence-corrected chi connectivity index (χ0v) is 11.7. The minimum Gasteiger partial charge on any atom is -0.271 e. The molecule has 1 aliphatic rings. The molecule has 2 nitrogen and oxygen atoms in total. The molecule has 0 saturated carbocycles. The van der Waals surface area contributed by atoms with Crippen molar-refractivity contribution in [1.82, 2.24) is 5.43 Å². The van der Waals surface area contributed by atoms with Crippen LogP contribution >= 0.6 is 23.5 Å². The molecule has 1 saturated heterocycles. The highest BCUT2D eigenvalue weighted by molar-refractivity contribution is 8.07. The summed E-state index contributed by atoms with van der Waals surface area (Å²) < 4.78 is 27.6. The molecule has 2 rings (SSSR count). The van der Waals surface area contributed by atoms with E-state index in [0.29, 0.717) is 5.25 Å². The number of rotatable bonds is 3. The van der Waals surface area contributed by atoms with Crippen LogP contribution in [0.15, 0.2) is 18.2 Å². The molecule has 3 N–H and O–H groups in total. The molecule has 0 aliphatic carbocycles. The molecule has 3 unspecified atom stereocenters. The lowest BCUT2D eigenvalue weighted by Crippen LogP contribution is -2.41. The molecule has 0 amide bonds. The van der Waals surface area contributed by atoms with Crippen LogP contribution in [0.2, 0.25) is 0 Å². The lowest BCUT2D eigenvalue weighted by atomic mass is 10.0. The first-order valence-electron chi connectivity index (χ1n) is 5.78. The van der Waals surface area contributed by atoms with Crippen LogP contribution in [0.4, 0.5) is 8.78 Å². The third-order valence-corrected chi connectivity index (χ3v) is 6.25. The van der Waals surface area contributed by atoms with Gasteiger partial charge in [-0.05, 0) is 12.1 Å². The van der Waals surface area contributed by atoms with Gasteiger partial charge in [-0.15, -0.1) is 0 Å². The fraction of sp³-hybridized carbons (Fsp3) is 0.500.